The van der Waals surface area contributed by atoms with Gasteiger partial charge in [0.15, 0.2) is 6.79 Å². The smallest absolute Gasteiger partial charge is 0.407 e. The highest BCUT2D eigenvalue weighted by atomic mass is 16.7. The minimum atomic E-state index is -0.947. The summed E-state index contributed by atoms with van der Waals surface area (Å²) in [5, 5.41) is 20.8. The maximum absolute atomic E-state index is 11.2. The maximum Gasteiger partial charge on any atom is 0.407 e. The molecule has 4 rings (SSSR count). The van der Waals surface area contributed by atoms with Crippen LogP contribution in [0.5, 0.6) is 5.75 Å². The van der Waals surface area contributed by atoms with Crippen molar-refractivity contribution >= 4 is 17.9 Å². The fourth-order valence-electron chi connectivity index (χ4n) is 3.72. The largest absolute Gasteiger partial charge is 0.467 e. The summed E-state index contributed by atoms with van der Waals surface area (Å²) in [6.07, 6.45) is 2.89. The molecule has 1 fully saturated rings. The predicted molar refractivity (Wildman–Crippen MR) is 125 cm³/mol. The number of nitrogens with one attached hydrogen (secondary N) is 1. The van der Waals surface area contributed by atoms with E-state index in [-0.39, 0.29) is 12.8 Å². The second-order valence-corrected chi connectivity index (χ2v) is 7.73. The molecule has 1 unspecified atom stereocenters. The molecule has 34 heavy (non-hydrogen) atoms. The lowest BCUT2D eigenvalue weighted by Crippen LogP contribution is -2.38. The van der Waals surface area contributed by atoms with Gasteiger partial charge >= 0.3 is 6.09 Å². The van der Waals surface area contributed by atoms with Crippen LogP contribution in [0.15, 0.2) is 36.8 Å². The van der Waals surface area contributed by atoms with E-state index in [1.807, 2.05) is 29.2 Å². The monoisotopic (exact) mass is 466 g/mol. The van der Waals surface area contributed by atoms with Crippen molar-refractivity contribution in [1.29, 1.82) is 0 Å². The summed E-state index contributed by atoms with van der Waals surface area (Å²) in [4.78, 5) is 27.4. The number of ether oxygens (including phenoxy) is 2. The number of nitrogens with zero attached hydrogens (tertiary/aromatic N) is 7. The molecule has 0 aliphatic carbocycles. The molecule has 1 saturated heterocycles. The van der Waals surface area contributed by atoms with Crippen LogP contribution in [0.4, 0.5) is 16.6 Å². The fraction of sp³-hybridized carbons (Fsp3) is 0.364. The van der Waals surface area contributed by atoms with Crippen LogP contribution in [0.2, 0.25) is 0 Å². The van der Waals surface area contributed by atoms with Crippen LogP contribution in [-0.2, 0) is 4.74 Å². The van der Waals surface area contributed by atoms with Gasteiger partial charge < -0.3 is 29.7 Å². The molecule has 0 spiro atoms. The molecular weight excluding hydrogens is 440 g/mol. The molecule has 3 aromatic rings. The number of amides is 1. The molecule has 3 heterocycles. The molecule has 1 aliphatic rings. The van der Waals surface area contributed by atoms with Crippen LogP contribution in [0.3, 0.4) is 0 Å². The number of rotatable bonds is 8. The van der Waals surface area contributed by atoms with Crippen LogP contribution < -0.4 is 15.0 Å². The molecule has 1 aromatic carbocycles. The third-order valence-corrected chi connectivity index (χ3v) is 5.65. The number of anilines is 2. The summed E-state index contributed by atoms with van der Waals surface area (Å²) < 4.78 is 10.9. The molecule has 178 valence electrons. The number of hydrogen-bond acceptors (Lipinski definition) is 10. The molecule has 2 aromatic heterocycles. The molecule has 1 atom stereocenters. The van der Waals surface area contributed by atoms with Gasteiger partial charge in [0.05, 0.1) is 17.9 Å². The van der Waals surface area contributed by atoms with Gasteiger partial charge in [-0.1, -0.05) is 6.07 Å². The maximum atomic E-state index is 11.2. The van der Waals surface area contributed by atoms with Crippen molar-refractivity contribution in [2.75, 3.05) is 51.3 Å². The molecular formula is C22H26N8O4. The van der Waals surface area contributed by atoms with Gasteiger partial charge in [0.25, 0.3) is 0 Å². The van der Waals surface area contributed by atoms with Crippen LogP contribution >= 0.6 is 0 Å². The average Bonchev–Trinajstić information content (AvgIpc) is 3.37. The second-order valence-electron chi connectivity index (χ2n) is 7.73. The van der Waals surface area contributed by atoms with E-state index in [2.05, 4.69) is 30.5 Å². The van der Waals surface area contributed by atoms with Crippen LogP contribution in [0.1, 0.15) is 6.42 Å². The molecule has 1 aliphatic heterocycles. The highest BCUT2D eigenvalue weighted by Crippen LogP contribution is 2.33. The van der Waals surface area contributed by atoms with Crippen molar-refractivity contribution in [2.24, 2.45) is 0 Å². The lowest BCUT2D eigenvalue weighted by atomic mass is 10.1. The first-order chi connectivity index (χ1) is 16.5. The highest BCUT2D eigenvalue weighted by molar-refractivity contribution is 5.73. The van der Waals surface area contributed by atoms with E-state index in [4.69, 9.17) is 9.47 Å². The zero-order valence-electron chi connectivity index (χ0n) is 19.2. The predicted octanol–water partition coefficient (Wildman–Crippen LogP) is 2.21. The number of hydrogen-bond donors (Lipinski definition) is 2. The topological polar surface area (TPSA) is 139 Å². The Morgan fingerprint density at radius 3 is 2.79 bits per heavy atom. The molecule has 12 nitrogen and oxygen atoms in total. The first kappa shape index (κ1) is 23.1. The number of aromatic nitrogens is 5. The van der Waals surface area contributed by atoms with Crippen molar-refractivity contribution in [3.8, 4) is 28.3 Å². The SMILES string of the molecule is CNc1cc(-c2ccc(-c3cnc(N4CCC(N(C)C(=O)O)C4)nn3)c(OCOC)c2)ncn1. The number of likely N-dealkylation sites (N-methyl/N-ethyl adjacent to an activating group) is 1. The Labute approximate surface area is 196 Å². The third-order valence-electron chi connectivity index (χ3n) is 5.65. The van der Waals surface area contributed by atoms with E-state index in [0.717, 1.165) is 11.3 Å². The summed E-state index contributed by atoms with van der Waals surface area (Å²) in [5.74, 6) is 1.72. The Hall–Kier alpha value is -4.06. The zero-order chi connectivity index (χ0) is 24.1. The lowest BCUT2D eigenvalue weighted by Gasteiger charge is -2.21. The van der Waals surface area contributed by atoms with Crippen LogP contribution in [-0.4, -0.2) is 88.4 Å². The Morgan fingerprint density at radius 2 is 2.09 bits per heavy atom. The molecule has 0 bridgehead atoms. The van der Waals surface area contributed by atoms with Crippen LogP contribution in [0.25, 0.3) is 22.5 Å². The summed E-state index contributed by atoms with van der Waals surface area (Å²) in [7, 11) is 4.92. The third kappa shape index (κ3) is 4.96. The number of methoxy groups -OCH3 is 1. The molecule has 0 radical (unpaired) electrons. The van der Waals surface area contributed by atoms with Crippen molar-refractivity contribution in [3.63, 3.8) is 0 Å². The Morgan fingerprint density at radius 1 is 1.24 bits per heavy atom. The minimum absolute atomic E-state index is 0.0627. The van der Waals surface area contributed by atoms with Gasteiger partial charge in [0, 0.05) is 51.5 Å². The van der Waals surface area contributed by atoms with Gasteiger partial charge in [-0.15, -0.1) is 10.2 Å². The molecule has 0 saturated carbocycles. The Balaban J connectivity index is 1.57. The quantitative estimate of drug-likeness (QED) is 0.472. The van der Waals surface area contributed by atoms with Gasteiger partial charge in [-0.3, -0.25) is 0 Å². The first-order valence-corrected chi connectivity index (χ1v) is 10.7. The van der Waals surface area contributed by atoms with E-state index >= 15 is 0 Å². The Kier molecular flexibility index (Phi) is 6.97. The second kappa shape index (κ2) is 10.3. The van der Waals surface area contributed by atoms with E-state index in [9.17, 15) is 9.90 Å². The standard InChI is InChI=1S/C22H26N8O4/c1-23-20-9-17(25-12-26-20)14-4-5-16(19(8-14)34-13-33-3)18-10-24-21(28-27-18)30-7-6-15(11-30)29(2)22(31)32/h4-5,8-10,12,15H,6-7,11,13H2,1-3H3,(H,31,32)(H,23,25,26). The van der Waals surface area contributed by atoms with Crippen molar-refractivity contribution in [1.82, 2.24) is 30.0 Å². The molecule has 12 heteroatoms. The number of benzene rings is 1. The van der Waals surface area contributed by atoms with Crippen molar-refractivity contribution in [2.45, 2.75) is 12.5 Å². The van der Waals surface area contributed by atoms with E-state index in [1.54, 1.807) is 27.4 Å². The van der Waals surface area contributed by atoms with E-state index < -0.39 is 6.09 Å². The van der Waals surface area contributed by atoms with Crippen molar-refractivity contribution < 1.29 is 19.4 Å². The highest BCUT2D eigenvalue weighted by Gasteiger charge is 2.29. The van der Waals surface area contributed by atoms with Gasteiger partial charge in [-0.25, -0.2) is 19.7 Å². The zero-order valence-corrected chi connectivity index (χ0v) is 19.2. The first-order valence-electron chi connectivity index (χ1n) is 10.7. The molecule has 1 amide bonds. The minimum Gasteiger partial charge on any atom is -0.467 e. The van der Waals surface area contributed by atoms with Gasteiger partial charge in [0.1, 0.15) is 23.6 Å². The average molecular weight is 467 g/mol. The summed E-state index contributed by atoms with van der Waals surface area (Å²) in [6, 6.07) is 7.39. The normalized spacial score (nSPS) is 15.3. The van der Waals surface area contributed by atoms with Gasteiger partial charge in [-0.2, -0.15) is 0 Å². The van der Waals surface area contributed by atoms with Gasteiger partial charge in [0.2, 0.25) is 5.95 Å². The fourth-order valence-corrected chi connectivity index (χ4v) is 3.72. The summed E-state index contributed by atoms with van der Waals surface area (Å²) >= 11 is 0. The van der Waals surface area contributed by atoms with Gasteiger partial charge in [-0.05, 0) is 18.6 Å². The summed E-state index contributed by atoms with van der Waals surface area (Å²) in [5.41, 5.74) is 2.83. The van der Waals surface area contributed by atoms with E-state index in [0.29, 0.717) is 48.3 Å². The Bertz CT molecular complexity index is 1140. The number of carboxylic acid groups (broad SMARTS) is 1. The van der Waals surface area contributed by atoms with E-state index in [1.165, 1.54) is 11.2 Å². The van der Waals surface area contributed by atoms with Crippen LogP contribution in [0, 0.1) is 0 Å². The van der Waals surface area contributed by atoms with Crippen molar-refractivity contribution in [3.05, 3.63) is 36.8 Å². The lowest BCUT2D eigenvalue weighted by molar-refractivity contribution is 0.0515. The number of carbonyl (C=O) groups is 1. The molecule has 2 N–H and O–H groups in total. The summed E-state index contributed by atoms with van der Waals surface area (Å²) in [6.45, 7) is 1.25.